The van der Waals surface area contributed by atoms with Crippen LogP contribution in [0, 0.1) is 6.92 Å². The van der Waals surface area contributed by atoms with Crippen molar-refractivity contribution in [2.24, 2.45) is 0 Å². The fraction of sp³-hybridized carbons (Fsp3) is 0.105. The fourth-order valence-corrected chi connectivity index (χ4v) is 2.99. The molecule has 0 aromatic heterocycles. The molecule has 0 heterocycles. The zero-order valence-corrected chi connectivity index (χ0v) is 12.9. The van der Waals surface area contributed by atoms with Gasteiger partial charge in [0.05, 0.1) is 6.42 Å². The summed E-state index contributed by atoms with van der Waals surface area (Å²) in [5.41, 5.74) is 3.82. The third kappa shape index (κ3) is 2.70. The Hall–Kier alpha value is -2.32. The van der Waals surface area contributed by atoms with Gasteiger partial charge >= 0.3 is 5.97 Å². The smallest absolute Gasteiger partial charge is 0.307 e. The third-order valence-corrected chi connectivity index (χ3v) is 4.09. The van der Waals surface area contributed by atoms with Crippen LogP contribution in [0.15, 0.2) is 54.6 Å². The van der Waals surface area contributed by atoms with Gasteiger partial charge in [0.15, 0.2) is 0 Å². The predicted octanol–water partition coefficient (Wildman–Crippen LogP) is 5.10. The minimum Gasteiger partial charge on any atom is -0.481 e. The minimum absolute atomic E-state index is 0.0113. The van der Waals surface area contributed by atoms with Gasteiger partial charge in [0.2, 0.25) is 0 Å². The van der Waals surface area contributed by atoms with Crippen molar-refractivity contribution in [1.82, 2.24) is 0 Å². The van der Waals surface area contributed by atoms with E-state index in [1.54, 1.807) is 0 Å². The first-order chi connectivity index (χ1) is 10.6. The zero-order chi connectivity index (χ0) is 15.7. The van der Waals surface area contributed by atoms with E-state index in [-0.39, 0.29) is 6.42 Å². The second-order valence-corrected chi connectivity index (χ2v) is 5.78. The number of aliphatic carboxylic acids is 1. The maximum absolute atomic E-state index is 11.3. The molecule has 0 amide bonds. The van der Waals surface area contributed by atoms with Crippen molar-refractivity contribution in [1.29, 1.82) is 0 Å². The molecule has 3 rings (SSSR count). The van der Waals surface area contributed by atoms with Gasteiger partial charge < -0.3 is 5.11 Å². The molecule has 0 atom stereocenters. The number of carboxylic acid groups (broad SMARTS) is 1. The van der Waals surface area contributed by atoms with Crippen LogP contribution in [-0.2, 0) is 11.2 Å². The van der Waals surface area contributed by atoms with Crippen LogP contribution in [0.5, 0.6) is 0 Å². The Balaban J connectivity index is 2.33. The van der Waals surface area contributed by atoms with Crippen molar-refractivity contribution in [2.75, 3.05) is 0 Å². The number of carbonyl (C=O) groups is 1. The average Bonchev–Trinajstić information content (AvgIpc) is 2.50. The van der Waals surface area contributed by atoms with Gasteiger partial charge in [0, 0.05) is 5.02 Å². The van der Waals surface area contributed by atoms with E-state index in [0.29, 0.717) is 5.02 Å². The van der Waals surface area contributed by atoms with Gasteiger partial charge in [-0.15, -0.1) is 0 Å². The van der Waals surface area contributed by atoms with Gasteiger partial charge in [-0.3, -0.25) is 4.79 Å². The van der Waals surface area contributed by atoms with Crippen LogP contribution in [0.3, 0.4) is 0 Å². The Kier molecular flexibility index (Phi) is 3.86. The molecule has 0 aliphatic rings. The molecular weight excluding hydrogens is 296 g/mol. The van der Waals surface area contributed by atoms with E-state index in [9.17, 15) is 9.90 Å². The molecule has 0 saturated carbocycles. The Morgan fingerprint density at radius 2 is 1.82 bits per heavy atom. The highest BCUT2D eigenvalue weighted by Crippen LogP contribution is 2.34. The summed E-state index contributed by atoms with van der Waals surface area (Å²) in [6.07, 6.45) is -0.0113. The molecule has 0 radical (unpaired) electrons. The summed E-state index contributed by atoms with van der Waals surface area (Å²) in [4.78, 5) is 11.3. The number of halogens is 1. The Morgan fingerprint density at radius 1 is 1.05 bits per heavy atom. The maximum Gasteiger partial charge on any atom is 0.307 e. The largest absolute Gasteiger partial charge is 0.481 e. The van der Waals surface area contributed by atoms with E-state index in [1.807, 2.05) is 61.5 Å². The first kappa shape index (κ1) is 14.6. The monoisotopic (exact) mass is 310 g/mol. The molecule has 0 aliphatic heterocycles. The lowest BCUT2D eigenvalue weighted by molar-refractivity contribution is -0.136. The first-order valence-electron chi connectivity index (χ1n) is 7.05. The van der Waals surface area contributed by atoms with E-state index in [4.69, 9.17) is 11.6 Å². The summed E-state index contributed by atoms with van der Waals surface area (Å²) >= 11 is 6.13. The van der Waals surface area contributed by atoms with Gasteiger partial charge in [-0.2, -0.15) is 0 Å². The van der Waals surface area contributed by atoms with Crippen LogP contribution in [0.4, 0.5) is 0 Å². The fourth-order valence-electron chi connectivity index (χ4n) is 2.81. The molecule has 2 nitrogen and oxygen atoms in total. The Morgan fingerprint density at radius 3 is 2.59 bits per heavy atom. The van der Waals surface area contributed by atoms with Crippen LogP contribution in [0.1, 0.15) is 11.1 Å². The van der Waals surface area contributed by atoms with Crippen molar-refractivity contribution in [3.63, 3.8) is 0 Å². The highest BCUT2D eigenvalue weighted by molar-refractivity contribution is 6.30. The lowest BCUT2D eigenvalue weighted by atomic mass is 9.90. The summed E-state index contributed by atoms with van der Waals surface area (Å²) in [5.74, 6) is -0.836. The quantitative estimate of drug-likeness (QED) is 0.731. The number of aryl methyl sites for hydroxylation is 1. The highest BCUT2D eigenvalue weighted by atomic mass is 35.5. The molecule has 110 valence electrons. The van der Waals surface area contributed by atoms with Crippen molar-refractivity contribution in [3.8, 4) is 11.1 Å². The molecule has 0 unspecified atom stereocenters. The summed E-state index contributed by atoms with van der Waals surface area (Å²) in [6, 6.07) is 17.6. The number of carboxylic acids is 1. The van der Waals surface area contributed by atoms with Crippen molar-refractivity contribution < 1.29 is 9.90 Å². The van der Waals surface area contributed by atoms with Crippen LogP contribution in [-0.4, -0.2) is 11.1 Å². The lowest BCUT2D eigenvalue weighted by Crippen LogP contribution is -2.03. The van der Waals surface area contributed by atoms with E-state index in [1.165, 1.54) is 0 Å². The first-order valence-corrected chi connectivity index (χ1v) is 7.43. The molecule has 0 saturated heterocycles. The number of benzene rings is 3. The number of rotatable bonds is 3. The SMILES string of the molecule is Cc1ccc(Cl)cc1-c1ccc2ccccc2c1CC(=O)O. The molecule has 1 N–H and O–H groups in total. The molecule has 3 heteroatoms. The topological polar surface area (TPSA) is 37.3 Å². The molecule has 22 heavy (non-hydrogen) atoms. The molecule has 0 fully saturated rings. The van der Waals surface area contributed by atoms with Gasteiger partial charge in [0.25, 0.3) is 0 Å². The van der Waals surface area contributed by atoms with Crippen LogP contribution >= 0.6 is 11.6 Å². The van der Waals surface area contributed by atoms with Gasteiger partial charge in [-0.1, -0.05) is 54.1 Å². The average molecular weight is 311 g/mol. The Labute approximate surface area is 134 Å². The molecule has 0 aliphatic carbocycles. The highest BCUT2D eigenvalue weighted by Gasteiger charge is 2.14. The van der Waals surface area contributed by atoms with Crippen LogP contribution < -0.4 is 0 Å². The maximum atomic E-state index is 11.3. The lowest BCUT2D eigenvalue weighted by Gasteiger charge is -2.14. The number of hydrogen-bond acceptors (Lipinski definition) is 1. The number of fused-ring (bicyclic) bond motifs is 1. The van der Waals surface area contributed by atoms with E-state index in [0.717, 1.165) is 33.0 Å². The van der Waals surface area contributed by atoms with Gasteiger partial charge in [-0.25, -0.2) is 0 Å². The summed E-state index contributed by atoms with van der Waals surface area (Å²) in [7, 11) is 0. The van der Waals surface area contributed by atoms with Gasteiger partial charge in [-0.05, 0) is 52.1 Å². The van der Waals surface area contributed by atoms with Crippen LogP contribution in [0.25, 0.3) is 21.9 Å². The zero-order valence-electron chi connectivity index (χ0n) is 12.1. The van der Waals surface area contributed by atoms with Gasteiger partial charge in [0.1, 0.15) is 0 Å². The predicted molar refractivity (Wildman–Crippen MR) is 90.5 cm³/mol. The van der Waals surface area contributed by atoms with E-state index in [2.05, 4.69) is 0 Å². The molecule has 3 aromatic rings. The van der Waals surface area contributed by atoms with Crippen molar-refractivity contribution >= 4 is 28.3 Å². The molecular formula is C19H15ClO2. The van der Waals surface area contributed by atoms with E-state index >= 15 is 0 Å². The van der Waals surface area contributed by atoms with Crippen molar-refractivity contribution in [2.45, 2.75) is 13.3 Å². The second kappa shape index (κ2) is 5.82. The molecule has 0 bridgehead atoms. The molecule has 3 aromatic carbocycles. The standard InChI is InChI=1S/C19H15ClO2/c1-12-6-8-14(20)10-17(12)16-9-7-13-4-2-3-5-15(13)18(16)11-19(21)22/h2-10H,11H2,1H3,(H,21,22). The second-order valence-electron chi connectivity index (χ2n) is 5.34. The summed E-state index contributed by atoms with van der Waals surface area (Å²) < 4.78 is 0. The normalized spacial score (nSPS) is 10.8. The van der Waals surface area contributed by atoms with E-state index < -0.39 is 5.97 Å². The number of hydrogen-bond donors (Lipinski definition) is 1. The minimum atomic E-state index is -0.836. The third-order valence-electron chi connectivity index (χ3n) is 3.86. The van der Waals surface area contributed by atoms with Crippen molar-refractivity contribution in [3.05, 3.63) is 70.7 Å². The summed E-state index contributed by atoms with van der Waals surface area (Å²) in [5, 5.41) is 12.0. The molecule has 0 spiro atoms. The summed E-state index contributed by atoms with van der Waals surface area (Å²) in [6.45, 7) is 2.01. The van der Waals surface area contributed by atoms with Crippen LogP contribution in [0.2, 0.25) is 5.02 Å². The Bertz CT molecular complexity index is 868.